The smallest absolute Gasteiger partial charge is 0.182 e. The van der Waals surface area contributed by atoms with E-state index in [1.165, 1.54) is 24.8 Å². The van der Waals surface area contributed by atoms with Crippen molar-refractivity contribution in [3.63, 3.8) is 0 Å². The van der Waals surface area contributed by atoms with Crippen molar-refractivity contribution >= 4 is 11.4 Å². The summed E-state index contributed by atoms with van der Waals surface area (Å²) in [4.78, 5) is 20.9. The van der Waals surface area contributed by atoms with Crippen LogP contribution in [-0.4, -0.2) is 46.3 Å². The van der Waals surface area contributed by atoms with Gasteiger partial charge in [-0.15, -0.1) is 0 Å². The summed E-state index contributed by atoms with van der Waals surface area (Å²) in [7, 11) is 0. The van der Waals surface area contributed by atoms with Gasteiger partial charge in [-0.05, 0) is 56.8 Å². The maximum absolute atomic E-state index is 13.6. The van der Waals surface area contributed by atoms with Crippen LogP contribution in [-0.2, 0) is 0 Å². The molecule has 1 aliphatic heterocycles. The van der Waals surface area contributed by atoms with E-state index in [9.17, 15) is 4.79 Å². The van der Waals surface area contributed by atoms with Crippen molar-refractivity contribution in [1.82, 2.24) is 14.3 Å². The highest BCUT2D eigenvalue weighted by Crippen LogP contribution is 2.29. The van der Waals surface area contributed by atoms with Crippen LogP contribution in [0.4, 0.5) is 0 Å². The van der Waals surface area contributed by atoms with E-state index in [2.05, 4.69) is 41.1 Å². The molecule has 1 unspecified atom stereocenters. The number of aryl methyl sites for hydroxylation is 1. The van der Waals surface area contributed by atoms with Crippen molar-refractivity contribution in [2.24, 2.45) is 5.92 Å². The molecule has 0 bridgehead atoms. The topological polar surface area (TPSA) is 46.8 Å². The Labute approximate surface area is 191 Å². The van der Waals surface area contributed by atoms with Crippen LogP contribution in [0.3, 0.4) is 0 Å². The first-order valence-corrected chi connectivity index (χ1v) is 12.0. The monoisotopic (exact) mass is 433 g/mol. The summed E-state index contributed by atoms with van der Waals surface area (Å²) in [5.74, 6) is 1.80. The number of hydrogen-bond donors (Lipinski definition) is 0. The number of Topliss-reactive ketones (excluding diaryl/α,β-unsaturated/α-hetero) is 1. The molecular weight excluding hydrogens is 398 g/mol. The number of likely N-dealkylation sites (tertiary alicyclic amines) is 1. The first kappa shape index (κ1) is 22.5. The summed E-state index contributed by atoms with van der Waals surface area (Å²) in [6.07, 6.45) is 6.20. The fourth-order valence-electron chi connectivity index (χ4n) is 5.06. The van der Waals surface area contributed by atoms with Gasteiger partial charge in [0, 0.05) is 31.6 Å². The number of imidazole rings is 1. The van der Waals surface area contributed by atoms with Crippen molar-refractivity contribution in [2.75, 3.05) is 26.2 Å². The molecule has 5 nitrogen and oxygen atoms in total. The quantitative estimate of drug-likeness (QED) is 0.417. The standard InChI is InChI=1S/C27H35N3O2/c1-4-21-11-9-15-29(18-21)19-23(22-12-7-6-8-13-22)17-24(31)26-20(3)28-27-25(32-5-2)14-10-16-30(26)27/h6-8,10,12-14,16,21,23H,4-5,9,11,15,17-19H2,1-3H3/t21?,23-/m0/s1. The highest BCUT2D eigenvalue weighted by Gasteiger charge is 2.26. The maximum atomic E-state index is 13.6. The molecule has 0 saturated carbocycles. The number of ether oxygens (including phenoxy) is 1. The minimum Gasteiger partial charge on any atom is -0.490 e. The Morgan fingerprint density at radius 1 is 1.19 bits per heavy atom. The third-order valence-corrected chi connectivity index (χ3v) is 6.71. The SMILES string of the molecule is CCOc1cccn2c(C(=O)C[C@@H](CN3CCCC(CC)C3)c3ccccc3)c(C)nc12. The van der Waals surface area contributed by atoms with Gasteiger partial charge in [-0.25, -0.2) is 4.98 Å². The molecule has 0 aliphatic carbocycles. The highest BCUT2D eigenvalue weighted by molar-refractivity contribution is 5.97. The summed E-state index contributed by atoms with van der Waals surface area (Å²) in [6.45, 7) is 9.92. The van der Waals surface area contributed by atoms with Crippen LogP contribution in [0.25, 0.3) is 5.65 Å². The molecule has 3 heterocycles. The van der Waals surface area contributed by atoms with Crippen molar-refractivity contribution in [1.29, 1.82) is 0 Å². The summed E-state index contributed by atoms with van der Waals surface area (Å²) in [5.41, 5.74) is 3.39. The molecule has 4 rings (SSSR count). The molecule has 0 spiro atoms. The molecule has 1 aliphatic rings. The highest BCUT2D eigenvalue weighted by atomic mass is 16.5. The average Bonchev–Trinajstić information content (AvgIpc) is 3.16. The van der Waals surface area contributed by atoms with Gasteiger partial charge < -0.3 is 9.64 Å². The molecule has 32 heavy (non-hydrogen) atoms. The second kappa shape index (κ2) is 10.3. The maximum Gasteiger partial charge on any atom is 0.182 e. The van der Waals surface area contributed by atoms with Gasteiger partial charge in [0.05, 0.1) is 12.3 Å². The van der Waals surface area contributed by atoms with Gasteiger partial charge in [-0.1, -0.05) is 43.7 Å². The fraction of sp³-hybridized carbons (Fsp3) is 0.481. The molecule has 1 fully saturated rings. The third kappa shape index (κ3) is 4.88. The lowest BCUT2D eigenvalue weighted by Crippen LogP contribution is -2.38. The van der Waals surface area contributed by atoms with Crippen LogP contribution in [0.5, 0.6) is 5.75 Å². The summed E-state index contributed by atoms with van der Waals surface area (Å²) < 4.78 is 7.64. The number of carbonyl (C=O) groups is 1. The van der Waals surface area contributed by atoms with Crippen LogP contribution < -0.4 is 4.74 Å². The minimum atomic E-state index is 0.140. The molecule has 1 saturated heterocycles. The number of aromatic nitrogens is 2. The predicted octanol–water partition coefficient (Wildman–Crippen LogP) is 5.52. The van der Waals surface area contributed by atoms with E-state index in [0.717, 1.165) is 37.0 Å². The zero-order valence-electron chi connectivity index (χ0n) is 19.6. The van der Waals surface area contributed by atoms with Gasteiger partial charge in [-0.3, -0.25) is 9.20 Å². The van der Waals surface area contributed by atoms with Gasteiger partial charge in [0.15, 0.2) is 17.2 Å². The van der Waals surface area contributed by atoms with Crippen LogP contribution >= 0.6 is 0 Å². The molecular formula is C27H35N3O2. The van der Waals surface area contributed by atoms with Crippen molar-refractivity contribution in [3.05, 3.63) is 65.6 Å². The zero-order chi connectivity index (χ0) is 22.5. The average molecular weight is 434 g/mol. The number of benzene rings is 1. The summed E-state index contributed by atoms with van der Waals surface area (Å²) in [5, 5.41) is 0. The number of nitrogens with zero attached hydrogens (tertiary/aromatic N) is 3. The third-order valence-electron chi connectivity index (χ3n) is 6.71. The molecule has 2 aromatic heterocycles. The summed E-state index contributed by atoms with van der Waals surface area (Å²) >= 11 is 0. The second-order valence-electron chi connectivity index (χ2n) is 8.96. The summed E-state index contributed by atoms with van der Waals surface area (Å²) in [6, 6.07) is 14.3. The number of rotatable bonds is 9. The van der Waals surface area contributed by atoms with Crippen LogP contribution in [0.2, 0.25) is 0 Å². The van der Waals surface area contributed by atoms with E-state index in [1.807, 2.05) is 42.6 Å². The zero-order valence-corrected chi connectivity index (χ0v) is 19.6. The van der Waals surface area contributed by atoms with E-state index < -0.39 is 0 Å². The van der Waals surface area contributed by atoms with Crippen molar-refractivity contribution in [2.45, 2.75) is 52.4 Å². The van der Waals surface area contributed by atoms with E-state index in [0.29, 0.717) is 24.4 Å². The Hall–Kier alpha value is -2.66. The van der Waals surface area contributed by atoms with Crippen molar-refractivity contribution in [3.8, 4) is 5.75 Å². The van der Waals surface area contributed by atoms with Gasteiger partial charge in [0.25, 0.3) is 0 Å². The molecule has 1 aromatic carbocycles. The number of hydrogen-bond acceptors (Lipinski definition) is 4. The first-order valence-electron chi connectivity index (χ1n) is 12.0. The number of fused-ring (bicyclic) bond motifs is 1. The van der Waals surface area contributed by atoms with Crippen molar-refractivity contribution < 1.29 is 9.53 Å². The van der Waals surface area contributed by atoms with E-state index >= 15 is 0 Å². The van der Waals surface area contributed by atoms with Crippen LogP contribution in [0.15, 0.2) is 48.7 Å². The number of pyridine rings is 1. The molecule has 0 radical (unpaired) electrons. The Morgan fingerprint density at radius 3 is 2.75 bits per heavy atom. The molecule has 170 valence electrons. The lowest BCUT2D eigenvalue weighted by Gasteiger charge is -2.34. The predicted molar refractivity (Wildman–Crippen MR) is 129 cm³/mol. The number of carbonyl (C=O) groups excluding carboxylic acids is 1. The molecule has 0 amide bonds. The molecule has 3 aromatic rings. The minimum absolute atomic E-state index is 0.140. The largest absolute Gasteiger partial charge is 0.490 e. The number of piperidine rings is 1. The Bertz CT molecular complexity index is 1040. The Kier molecular flexibility index (Phi) is 7.26. The molecule has 2 atom stereocenters. The Balaban J connectivity index is 1.60. The van der Waals surface area contributed by atoms with Gasteiger partial charge in [0.1, 0.15) is 5.69 Å². The lowest BCUT2D eigenvalue weighted by molar-refractivity contribution is 0.0949. The molecule has 0 N–H and O–H groups in total. The molecule has 5 heteroatoms. The number of ketones is 1. The van der Waals surface area contributed by atoms with Gasteiger partial charge in [-0.2, -0.15) is 0 Å². The fourth-order valence-corrected chi connectivity index (χ4v) is 5.06. The first-order chi connectivity index (χ1) is 15.6. The van der Waals surface area contributed by atoms with Gasteiger partial charge in [0.2, 0.25) is 0 Å². The second-order valence-corrected chi connectivity index (χ2v) is 8.96. The van der Waals surface area contributed by atoms with E-state index in [-0.39, 0.29) is 11.7 Å². The normalized spacial score (nSPS) is 18.0. The van der Waals surface area contributed by atoms with E-state index in [1.54, 1.807) is 0 Å². The van der Waals surface area contributed by atoms with Crippen LogP contribution in [0, 0.1) is 12.8 Å². The van der Waals surface area contributed by atoms with Crippen LogP contribution in [0.1, 0.15) is 67.2 Å². The lowest BCUT2D eigenvalue weighted by atomic mass is 9.89. The van der Waals surface area contributed by atoms with Gasteiger partial charge >= 0.3 is 0 Å². The van der Waals surface area contributed by atoms with E-state index in [4.69, 9.17) is 4.74 Å². The Morgan fingerprint density at radius 2 is 2.00 bits per heavy atom.